The third kappa shape index (κ3) is 3.84. The number of alkyl halides is 3. The van der Waals surface area contributed by atoms with E-state index in [1.807, 2.05) is 19.2 Å². The van der Waals surface area contributed by atoms with Crippen molar-refractivity contribution in [3.63, 3.8) is 0 Å². The Labute approximate surface area is 120 Å². The normalized spacial score (nSPS) is 12.0. The van der Waals surface area contributed by atoms with E-state index in [1.165, 1.54) is 4.68 Å². The van der Waals surface area contributed by atoms with Gasteiger partial charge in [0, 0.05) is 32.4 Å². The Hall–Kier alpha value is -1.83. The summed E-state index contributed by atoms with van der Waals surface area (Å²) in [6.45, 7) is 5.76. The number of aromatic nitrogens is 4. The topological polar surface area (TPSA) is 47.7 Å². The first kappa shape index (κ1) is 15.6. The quantitative estimate of drug-likeness (QED) is 0.891. The first-order chi connectivity index (χ1) is 9.94. The number of rotatable bonds is 6. The maximum atomic E-state index is 12.6. The zero-order valence-electron chi connectivity index (χ0n) is 12.0. The van der Waals surface area contributed by atoms with Crippen LogP contribution >= 0.6 is 0 Å². The lowest BCUT2D eigenvalue weighted by molar-refractivity contribution is -0.141. The minimum Gasteiger partial charge on any atom is -0.305 e. The van der Waals surface area contributed by atoms with Crippen LogP contribution in [0, 0.1) is 0 Å². The van der Waals surface area contributed by atoms with Gasteiger partial charge >= 0.3 is 6.18 Å². The van der Waals surface area contributed by atoms with Gasteiger partial charge in [0.2, 0.25) is 0 Å². The van der Waals surface area contributed by atoms with Crippen LogP contribution in [0.25, 0.3) is 0 Å². The van der Waals surface area contributed by atoms with Crippen LogP contribution < -0.4 is 5.32 Å². The van der Waals surface area contributed by atoms with E-state index in [4.69, 9.17) is 0 Å². The lowest BCUT2D eigenvalue weighted by atomic mass is 10.3. The van der Waals surface area contributed by atoms with Crippen LogP contribution in [0.2, 0.25) is 0 Å². The first-order valence-electron chi connectivity index (χ1n) is 6.81. The minimum atomic E-state index is -4.41. The molecule has 0 saturated heterocycles. The predicted molar refractivity (Wildman–Crippen MR) is 71.3 cm³/mol. The summed E-state index contributed by atoms with van der Waals surface area (Å²) in [6.07, 6.45) is -2.54. The summed E-state index contributed by atoms with van der Waals surface area (Å²) in [6, 6.07) is 2.97. The van der Waals surface area contributed by atoms with Crippen molar-refractivity contribution in [3.05, 3.63) is 35.4 Å². The Morgan fingerprint density at radius 3 is 2.48 bits per heavy atom. The molecule has 2 rings (SSSR count). The molecule has 0 aliphatic heterocycles. The van der Waals surface area contributed by atoms with Crippen molar-refractivity contribution in [1.82, 2.24) is 24.9 Å². The summed E-state index contributed by atoms with van der Waals surface area (Å²) in [5.74, 6) is 0. The fraction of sp³-hybridized carbons (Fsp3) is 0.538. The molecule has 0 aromatic carbocycles. The average Bonchev–Trinajstić information content (AvgIpc) is 3.04. The molecule has 2 heterocycles. The number of nitrogens with one attached hydrogen (secondary N) is 1. The highest BCUT2D eigenvalue weighted by atomic mass is 19.4. The van der Waals surface area contributed by atoms with Gasteiger partial charge in [-0.05, 0) is 26.0 Å². The predicted octanol–water partition coefficient (Wildman–Crippen LogP) is 2.43. The molecule has 0 aliphatic rings. The van der Waals surface area contributed by atoms with Gasteiger partial charge in [-0.2, -0.15) is 23.4 Å². The van der Waals surface area contributed by atoms with Crippen molar-refractivity contribution in [2.75, 3.05) is 0 Å². The van der Waals surface area contributed by atoms with Gasteiger partial charge < -0.3 is 5.32 Å². The standard InChI is InChI=1S/C13H18F3N5/c1-3-20-6-5-10(18-20)8-17-9-11-7-12(13(14,15)16)19-21(11)4-2/h5-7,17H,3-4,8-9H2,1-2H3. The molecule has 0 fully saturated rings. The van der Waals surface area contributed by atoms with Gasteiger partial charge in [-0.3, -0.25) is 9.36 Å². The van der Waals surface area contributed by atoms with E-state index in [9.17, 15) is 13.2 Å². The molecule has 0 amide bonds. The van der Waals surface area contributed by atoms with Crippen molar-refractivity contribution in [2.45, 2.75) is 46.2 Å². The van der Waals surface area contributed by atoms with Crippen molar-refractivity contribution in [2.24, 2.45) is 0 Å². The Morgan fingerprint density at radius 2 is 1.90 bits per heavy atom. The maximum Gasteiger partial charge on any atom is 0.435 e. The molecule has 8 heteroatoms. The summed E-state index contributed by atoms with van der Waals surface area (Å²) in [5.41, 5.74) is 0.520. The number of aryl methyl sites for hydroxylation is 2. The SMILES string of the molecule is CCn1ccc(CNCc2cc(C(F)(F)F)nn2CC)n1. The summed E-state index contributed by atoms with van der Waals surface area (Å²) >= 11 is 0. The molecule has 0 aliphatic carbocycles. The van der Waals surface area contributed by atoms with Crippen LogP contribution in [0.3, 0.4) is 0 Å². The van der Waals surface area contributed by atoms with E-state index in [0.717, 1.165) is 18.3 Å². The fourth-order valence-corrected chi connectivity index (χ4v) is 2.00. The van der Waals surface area contributed by atoms with Gasteiger partial charge in [0.15, 0.2) is 5.69 Å². The summed E-state index contributed by atoms with van der Waals surface area (Å²) in [7, 11) is 0. The molecule has 5 nitrogen and oxygen atoms in total. The molecule has 0 bridgehead atoms. The van der Waals surface area contributed by atoms with Crippen molar-refractivity contribution >= 4 is 0 Å². The summed E-state index contributed by atoms with van der Waals surface area (Å²) in [4.78, 5) is 0. The molecule has 2 aromatic rings. The number of nitrogens with zero attached hydrogens (tertiary/aromatic N) is 4. The zero-order valence-corrected chi connectivity index (χ0v) is 12.0. The van der Waals surface area contributed by atoms with Crippen LogP contribution in [0.1, 0.15) is 30.9 Å². The molecule has 1 N–H and O–H groups in total. The highest BCUT2D eigenvalue weighted by Gasteiger charge is 2.34. The van der Waals surface area contributed by atoms with Crippen LogP contribution in [-0.4, -0.2) is 19.6 Å². The Morgan fingerprint density at radius 1 is 1.14 bits per heavy atom. The second-order valence-electron chi connectivity index (χ2n) is 4.60. The van der Waals surface area contributed by atoms with E-state index < -0.39 is 11.9 Å². The van der Waals surface area contributed by atoms with Gasteiger partial charge in [0.1, 0.15) is 0 Å². The van der Waals surface area contributed by atoms with Crippen molar-refractivity contribution in [3.8, 4) is 0 Å². The molecule has 116 valence electrons. The third-order valence-electron chi connectivity index (χ3n) is 3.09. The molecular weight excluding hydrogens is 283 g/mol. The Balaban J connectivity index is 1.97. The van der Waals surface area contributed by atoms with Gasteiger partial charge in [0.25, 0.3) is 0 Å². The molecule has 0 spiro atoms. The summed E-state index contributed by atoms with van der Waals surface area (Å²) < 4.78 is 41.1. The van der Waals surface area contributed by atoms with Gasteiger partial charge in [-0.25, -0.2) is 0 Å². The highest BCUT2D eigenvalue weighted by Crippen LogP contribution is 2.28. The van der Waals surface area contributed by atoms with Crippen LogP contribution in [0.15, 0.2) is 18.3 Å². The van der Waals surface area contributed by atoms with Crippen LogP contribution in [0.4, 0.5) is 13.2 Å². The molecule has 21 heavy (non-hydrogen) atoms. The second kappa shape index (κ2) is 6.30. The van der Waals surface area contributed by atoms with E-state index in [1.54, 1.807) is 11.6 Å². The Bertz CT molecular complexity index is 585. The number of hydrogen-bond acceptors (Lipinski definition) is 3. The van der Waals surface area contributed by atoms with Gasteiger partial charge in [-0.15, -0.1) is 0 Å². The fourth-order valence-electron chi connectivity index (χ4n) is 2.00. The molecule has 0 unspecified atom stereocenters. The maximum absolute atomic E-state index is 12.6. The molecule has 0 radical (unpaired) electrons. The zero-order chi connectivity index (χ0) is 15.5. The van der Waals surface area contributed by atoms with Crippen LogP contribution in [0.5, 0.6) is 0 Å². The third-order valence-corrected chi connectivity index (χ3v) is 3.09. The molecule has 0 atom stereocenters. The largest absolute Gasteiger partial charge is 0.435 e. The van der Waals surface area contributed by atoms with E-state index in [2.05, 4.69) is 15.5 Å². The Kier molecular flexibility index (Phi) is 4.66. The first-order valence-corrected chi connectivity index (χ1v) is 6.81. The molecule has 2 aromatic heterocycles. The van der Waals surface area contributed by atoms with Crippen molar-refractivity contribution in [1.29, 1.82) is 0 Å². The van der Waals surface area contributed by atoms with Gasteiger partial charge in [0.05, 0.1) is 11.4 Å². The number of hydrogen-bond donors (Lipinski definition) is 1. The van der Waals surface area contributed by atoms with E-state index >= 15 is 0 Å². The highest BCUT2D eigenvalue weighted by molar-refractivity contribution is 5.13. The smallest absolute Gasteiger partial charge is 0.305 e. The van der Waals surface area contributed by atoms with Crippen molar-refractivity contribution < 1.29 is 13.2 Å². The average molecular weight is 301 g/mol. The minimum absolute atomic E-state index is 0.315. The van der Waals surface area contributed by atoms with E-state index in [0.29, 0.717) is 25.3 Å². The van der Waals surface area contributed by atoms with Crippen LogP contribution in [-0.2, 0) is 32.4 Å². The molecular formula is C13H18F3N5. The summed E-state index contributed by atoms with van der Waals surface area (Å²) in [5, 5.41) is 11.0. The number of halogens is 3. The lowest BCUT2D eigenvalue weighted by Gasteiger charge is -2.05. The monoisotopic (exact) mass is 301 g/mol. The van der Waals surface area contributed by atoms with Gasteiger partial charge in [-0.1, -0.05) is 0 Å². The lowest BCUT2D eigenvalue weighted by Crippen LogP contribution is -2.16. The second-order valence-corrected chi connectivity index (χ2v) is 4.60. The van der Waals surface area contributed by atoms with E-state index in [-0.39, 0.29) is 0 Å². The molecule has 0 saturated carbocycles.